The minimum atomic E-state index is -3.31. The van der Waals surface area contributed by atoms with Crippen LogP contribution in [0.5, 0.6) is 0 Å². The predicted octanol–water partition coefficient (Wildman–Crippen LogP) is 1.71. The van der Waals surface area contributed by atoms with Gasteiger partial charge in [-0.2, -0.15) is 4.98 Å². The van der Waals surface area contributed by atoms with Gasteiger partial charge in [-0.3, -0.25) is 4.79 Å². The zero-order valence-electron chi connectivity index (χ0n) is 16.3. The third kappa shape index (κ3) is 3.16. The van der Waals surface area contributed by atoms with E-state index in [9.17, 15) is 13.2 Å². The summed E-state index contributed by atoms with van der Waals surface area (Å²) in [4.78, 5) is 19.4. The minimum absolute atomic E-state index is 0.141. The fourth-order valence-electron chi connectivity index (χ4n) is 5.21. The second kappa shape index (κ2) is 6.52. The molecule has 2 aliphatic heterocycles. The maximum atomic E-state index is 12.9. The lowest BCUT2D eigenvalue weighted by Crippen LogP contribution is -2.62. The van der Waals surface area contributed by atoms with E-state index in [2.05, 4.69) is 10.1 Å². The van der Waals surface area contributed by atoms with E-state index in [1.165, 1.54) is 17.0 Å². The fourth-order valence-corrected chi connectivity index (χ4v) is 6.12. The highest BCUT2D eigenvalue weighted by Gasteiger charge is 2.59. The summed E-state index contributed by atoms with van der Waals surface area (Å²) >= 11 is 0. The van der Waals surface area contributed by atoms with E-state index in [-0.39, 0.29) is 23.2 Å². The molecule has 1 aromatic rings. The molecule has 0 radical (unpaired) electrons. The van der Waals surface area contributed by atoms with Crippen LogP contribution in [-0.4, -0.2) is 66.1 Å². The maximum absolute atomic E-state index is 12.9. The van der Waals surface area contributed by atoms with Crippen molar-refractivity contribution in [3.63, 3.8) is 0 Å². The van der Waals surface area contributed by atoms with Crippen molar-refractivity contribution in [1.82, 2.24) is 19.3 Å². The van der Waals surface area contributed by atoms with E-state index in [0.717, 1.165) is 44.3 Å². The molecule has 1 amide bonds. The number of carbonyl (C=O) groups excluding carboxylic acids is 1. The van der Waals surface area contributed by atoms with Crippen molar-refractivity contribution in [3.05, 3.63) is 11.7 Å². The van der Waals surface area contributed by atoms with Crippen LogP contribution < -0.4 is 0 Å². The molecule has 0 N–H and O–H groups in total. The topological polar surface area (TPSA) is 96.6 Å². The Hall–Kier alpha value is -1.48. The third-order valence-corrected chi connectivity index (χ3v) is 8.28. The van der Waals surface area contributed by atoms with Gasteiger partial charge in [0.25, 0.3) is 0 Å². The molecular weight excluding hydrogens is 380 g/mol. The maximum Gasteiger partial charge on any atom is 0.231 e. The smallest absolute Gasteiger partial charge is 0.231 e. The number of hydrogen-bond acceptors (Lipinski definition) is 6. The molecule has 9 heteroatoms. The van der Waals surface area contributed by atoms with E-state index >= 15 is 0 Å². The van der Waals surface area contributed by atoms with Crippen molar-refractivity contribution in [2.45, 2.75) is 56.8 Å². The van der Waals surface area contributed by atoms with E-state index < -0.39 is 10.0 Å². The normalized spacial score (nSPS) is 28.6. The Kier molecular flexibility index (Phi) is 4.32. The summed E-state index contributed by atoms with van der Waals surface area (Å²) in [7, 11) is -3.31. The van der Waals surface area contributed by atoms with Gasteiger partial charge in [-0.25, -0.2) is 12.7 Å². The molecule has 5 rings (SSSR count). The second-order valence-electron chi connectivity index (χ2n) is 9.26. The molecule has 1 aromatic heterocycles. The van der Waals surface area contributed by atoms with E-state index in [4.69, 9.17) is 4.52 Å². The molecule has 0 aromatic carbocycles. The van der Waals surface area contributed by atoms with Crippen LogP contribution in [0.4, 0.5) is 0 Å². The molecular formula is C19H28N4O4S. The van der Waals surface area contributed by atoms with Gasteiger partial charge in [-0.15, -0.1) is 0 Å². The van der Waals surface area contributed by atoms with Gasteiger partial charge in [0, 0.05) is 43.4 Å². The number of nitrogens with zero attached hydrogens (tertiary/aromatic N) is 4. The van der Waals surface area contributed by atoms with Crippen LogP contribution in [0.15, 0.2) is 4.52 Å². The largest absolute Gasteiger partial charge is 0.341 e. The third-order valence-electron chi connectivity index (χ3n) is 7.06. The molecule has 28 heavy (non-hydrogen) atoms. The Morgan fingerprint density at radius 3 is 2.46 bits per heavy atom. The first-order valence-corrected chi connectivity index (χ1v) is 12.3. The van der Waals surface area contributed by atoms with Gasteiger partial charge in [0.2, 0.25) is 21.8 Å². The fraction of sp³-hybridized carbons (Fsp3) is 0.842. The van der Waals surface area contributed by atoms with Crippen molar-refractivity contribution in [2.24, 2.45) is 11.3 Å². The van der Waals surface area contributed by atoms with Crippen LogP contribution >= 0.6 is 0 Å². The lowest BCUT2D eigenvalue weighted by molar-refractivity contribution is -0.149. The molecule has 8 nitrogen and oxygen atoms in total. The van der Waals surface area contributed by atoms with Gasteiger partial charge >= 0.3 is 0 Å². The lowest BCUT2D eigenvalue weighted by atomic mass is 9.70. The van der Waals surface area contributed by atoms with Crippen LogP contribution in [0.25, 0.3) is 0 Å². The molecule has 1 unspecified atom stereocenters. The van der Waals surface area contributed by atoms with Gasteiger partial charge in [0.1, 0.15) is 0 Å². The van der Waals surface area contributed by atoms with Gasteiger partial charge in [0.05, 0.1) is 12.2 Å². The van der Waals surface area contributed by atoms with Crippen LogP contribution in [-0.2, 0) is 14.8 Å². The Morgan fingerprint density at radius 1 is 1.11 bits per heavy atom. The van der Waals surface area contributed by atoms with Crippen molar-refractivity contribution in [3.8, 4) is 0 Å². The highest BCUT2D eigenvalue weighted by molar-refractivity contribution is 7.88. The number of sulfonamides is 1. The van der Waals surface area contributed by atoms with Crippen LogP contribution in [0, 0.1) is 11.3 Å². The minimum Gasteiger partial charge on any atom is -0.341 e. The molecule has 4 aliphatic rings. The van der Waals surface area contributed by atoms with E-state index in [1.807, 2.05) is 4.90 Å². The van der Waals surface area contributed by atoms with Gasteiger partial charge in [-0.05, 0) is 25.7 Å². The van der Waals surface area contributed by atoms with Crippen molar-refractivity contribution < 1.29 is 17.7 Å². The summed E-state index contributed by atoms with van der Waals surface area (Å²) in [5, 5.41) is 4.13. The first-order chi connectivity index (χ1) is 13.4. The molecule has 2 saturated carbocycles. The highest BCUT2D eigenvalue weighted by atomic mass is 32.2. The number of amides is 1. The zero-order valence-corrected chi connectivity index (χ0v) is 17.2. The Bertz CT molecular complexity index is 866. The first kappa shape index (κ1) is 18.5. The number of hydrogen-bond donors (Lipinski definition) is 0. The van der Waals surface area contributed by atoms with Crippen molar-refractivity contribution in [2.75, 3.05) is 32.4 Å². The van der Waals surface area contributed by atoms with Crippen molar-refractivity contribution in [1.29, 1.82) is 0 Å². The highest BCUT2D eigenvalue weighted by Crippen LogP contribution is 2.50. The Balaban J connectivity index is 1.35. The Morgan fingerprint density at radius 2 is 1.82 bits per heavy atom. The molecule has 0 bridgehead atoms. The van der Waals surface area contributed by atoms with Gasteiger partial charge < -0.3 is 9.42 Å². The van der Waals surface area contributed by atoms with E-state index in [1.54, 1.807) is 0 Å². The summed E-state index contributed by atoms with van der Waals surface area (Å²) in [6, 6.07) is 0. The van der Waals surface area contributed by atoms with Crippen LogP contribution in [0.1, 0.15) is 68.5 Å². The SMILES string of the molecule is CS(=O)(=O)N1CC(c2nc(C3CC3)no2)C2(CN(C(=O)C3CCCCC3)C2)C1. The summed E-state index contributed by atoms with van der Waals surface area (Å²) in [6.07, 6.45) is 8.88. The molecule has 2 aliphatic carbocycles. The monoisotopic (exact) mass is 408 g/mol. The van der Waals surface area contributed by atoms with Gasteiger partial charge in [-0.1, -0.05) is 24.4 Å². The molecule has 3 heterocycles. The molecule has 1 spiro atoms. The average molecular weight is 409 g/mol. The molecule has 1 atom stereocenters. The lowest BCUT2D eigenvalue weighted by Gasteiger charge is -2.51. The standard InChI is InChI=1S/C19H28N4O4S/c1-28(25,26)23-9-15(17-20-16(21-27-17)13-7-8-13)19(12-23)10-22(11-19)18(24)14-5-3-2-4-6-14/h13-15H,2-12H2,1H3. The summed E-state index contributed by atoms with van der Waals surface area (Å²) in [5.74, 6) is 1.92. The number of carbonyl (C=O) groups is 1. The number of rotatable bonds is 4. The van der Waals surface area contributed by atoms with Gasteiger partial charge in [0.15, 0.2) is 5.82 Å². The summed E-state index contributed by atoms with van der Waals surface area (Å²) in [5.41, 5.74) is -0.305. The summed E-state index contributed by atoms with van der Waals surface area (Å²) < 4.78 is 31.5. The summed E-state index contributed by atoms with van der Waals surface area (Å²) in [6.45, 7) is 1.95. The molecule has 2 saturated heterocycles. The van der Waals surface area contributed by atoms with Crippen LogP contribution in [0.2, 0.25) is 0 Å². The quantitative estimate of drug-likeness (QED) is 0.752. The van der Waals surface area contributed by atoms with E-state index in [0.29, 0.717) is 38.0 Å². The zero-order chi connectivity index (χ0) is 19.5. The second-order valence-corrected chi connectivity index (χ2v) is 11.2. The number of likely N-dealkylation sites (tertiary alicyclic amines) is 1. The molecule has 154 valence electrons. The number of aromatic nitrogens is 2. The van der Waals surface area contributed by atoms with Crippen LogP contribution in [0.3, 0.4) is 0 Å². The average Bonchev–Trinajstić information content (AvgIpc) is 3.22. The Labute approximate surface area is 165 Å². The predicted molar refractivity (Wildman–Crippen MR) is 101 cm³/mol. The molecule has 4 fully saturated rings. The van der Waals surface area contributed by atoms with Crippen molar-refractivity contribution >= 4 is 15.9 Å². The first-order valence-electron chi connectivity index (χ1n) is 10.4.